The molecule has 1 N–H and O–H groups in total. The third-order valence-corrected chi connectivity index (χ3v) is 4.29. The van der Waals surface area contributed by atoms with E-state index in [4.69, 9.17) is 0 Å². The minimum Gasteiger partial charge on any atom is -0.318 e. The SMILES string of the molecule is O=C1C(c2ccccc2)NC(c2ccccc2)N1C1CC1. The van der Waals surface area contributed by atoms with E-state index >= 15 is 0 Å². The first-order valence-electron chi connectivity index (χ1n) is 7.53. The van der Waals surface area contributed by atoms with E-state index < -0.39 is 0 Å². The van der Waals surface area contributed by atoms with Gasteiger partial charge in [0.2, 0.25) is 5.91 Å². The maximum Gasteiger partial charge on any atom is 0.246 e. The van der Waals surface area contributed by atoms with Gasteiger partial charge in [0.05, 0.1) is 0 Å². The van der Waals surface area contributed by atoms with E-state index in [2.05, 4.69) is 17.4 Å². The first kappa shape index (κ1) is 12.6. The van der Waals surface area contributed by atoms with Gasteiger partial charge in [-0.1, -0.05) is 60.7 Å². The molecule has 2 aromatic rings. The molecule has 1 heterocycles. The Labute approximate surface area is 124 Å². The van der Waals surface area contributed by atoms with Crippen molar-refractivity contribution in [3.63, 3.8) is 0 Å². The zero-order chi connectivity index (χ0) is 14.2. The molecule has 2 aliphatic rings. The minimum absolute atomic E-state index is 0.00333. The molecule has 0 aromatic heterocycles. The topological polar surface area (TPSA) is 32.3 Å². The second-order valence-electron chi connectivity index (χ2n) is 5.80. The number of carbonyl (C=O) groups excluding carboxylic acids is 1. The highest BCUT2D eigenvalue weighted by atomic mass is 16.2. The van der Waals surface area contributed by atoms with Crippen molar-refractivity contribution in [2.45, 2.75) is 31.1 Å². The van der Waals surface area contributed by atoms with Gasteiger partial charge in [-0.15, -0.1) is 0 Å². The van der Waals surface area contributed by atoms with Crippen molar-refractivity contribution in [3.8, 4) is 0 Å². The van der Waals surface area contributed by atoms with Gasteiger partial charge in [-0.25, -0.2) is 0 Å². The van der Waals surface area contributed by atoms with Gasteiger partial charge in [0.25, 0.3) is 0 Å². The summed E-state index contributed by atoms with van der Waals surface area (Å²) >= 11 is 0. The quantitative estimate of drug-likeness (QED) is 0.936. The smallest absolute Gasteiger partial charge is 0.246 e. The Bertz CT molecular complexity index is 637. The molecule has 1 aliphatic carbocycles. The van der Waals surface area contributed by atoms with Crippen LogP contribution < -0.4 is 5.32 Å². The summed E-state index contributed by atoms with van der Waals surface area (Å²) in [7, 11) is 0. The van der Waals surface area contributed by atoms with Crippen molar-refractivity contribution < 1.29 is 4.79 Å². The summed E-state index contributed by atoms with van der Waals surface area (Å²) in [5.74, 6) is 0.206. The molecule has 3 nitrogen and oxygen atoms in total. The van der Waals surface area contributed by atoms with Crippen LogP contribution in [0.3, 0.4) is 0 Å². The number of rotatable bonds is 3. The van der Waals surface area contributed by atoms with Crippen LogP contribution in [0.2, 0.25) is 0 Å². The Morgan fingerprint density at radius 1 is 0.857 bits per heavy atom. The van der Waals surface area contributed by atoms with Gasteiger partial charge >= 0.3 is 0 Å². The minimum atomic E-state index is -0.225. The van der Waals surface area contributed by atoms with E-state index in [1.54, 1.807) is 0 Å². The van der Waals surface area contributed by atoms with E-state index in [1.807, 2.05) is 53.4 Å². The number of nitrogens with one attached hydrogen (secondary N) is 1. The van der Waals surface area contributed by atoms with Gasteiger partial charge in [-0.3, -0.25) is 10.1 Å². The zero-order valence-corrected chi connectivity index (χ0v) is 11.8. The van der Waals surface area contributed by atoms with Crippen molar-refractivity contribution in [1.82, 2.24) is 10.2 Å². The standard InChI is InChI=1S/C18H18N2O/c21-18-16(13-7-3-1-4-8-13)19-17(20(18)15-11-12-15)14-9-5-2-6-10-14/h1-10,15-17,19H,11-12H2. The number of benzene rings is 2. The predicted octanol–water partition coefficient (Wildman–Crippen LogP) is 3.02. The van der Waals surface area contributed by atoms with Gasteiger partial charge in [-0.05, 0) is 24.0 Å². The molecule has 106 valence electrons. The van der Waals surface area contributed by atoms with Crippen molar-refractivity contribution in [2.75, 3.05) is 0 Å². The highest BCUT2D eigenvalue weighted by molar-refractivity contribution is 5.86. The van der Waals surface area contributed by atoms with Gasteiger partial charge in [0, 0.05) is 6.04 Å². The molecule has 2 aromatic carbocycles. The van der Waals surface area contributed by atoms with Gasteiger partial charge in [0.15, 0.2) is 0 Å². The normalized spacial score (nSPS) is 25.3. The van der Waals surface area contributed by atoms with Crippen molar-refractivity contribution in [3.05, 3.63) is 71.8 Å². The number of carbonyl (C=O) groups is 1. The highest BCUT2D eigenvalue weighted by Crippen LogP contribution is 2.40. The second-order valence-corrected chi connectivity index (χ2v) is 5.80. The number of hydrogen-bond acceptors (Lipinski definition) is 2. The lowest BCUT2D eigenvalue weighted by Crippen LogP contribution is -2.32. The Morgan fingerprint density at radius 3 is 2.00 bits per heavy atom. The summed E-state index contributed by atoms with van der Waals surface area (Å²) in [6, 6.07) is 20.4. The molecule has 2 atom stereocenters. The first-order valence-corrected chi connectivity index (χ1v) is 7.53. The van der Waals surface area contributed by atoms with Crippen LogP contribution in [0.25, 0.3) is 0 Å². The van der Waals surface area contributed by atoms with Crippen LogP contribution in [0.15, 0.2) is 60.7 Å². The predicted molar refractivity (Wildman–Crippen MR) is 81.4 cm³/mol. The fourth-order valence-electron chi connectivity index (χ4n) is 3.11. The summed E-state index contributed by atoms with van der Waals surface area (Å²) < 4.78 is 0. The van der Waals surface area contributed by atoms with Crippen LogP contribution >= 0.6 is 0 Å². The Kier molecular flexibility index (Phi) is 3.00. The summed E-state index contributed by atoms with van der Waals surface area (Å²) in [6.45, 7) is 0. The summed E-state index contributed by atoms with van der Waals surface area (Å²) in [5, 5.41) is 3.52. The summed E-state index contributed by atoms with van der Waals surface area (Å²) in [5.41, 5.74) is 2.21. The molecule has 4 rings (SSSR count). The molecule has 2 fully saturated rings. The fraction of sp³-hybridized carbons (Fsp3) is 0.278. The van der Waals surface area contributed by atoms with E-state index in [-0.39, 0.29) is 18.1 Å². The molecule has 1 aliphatic heterocycles. The van der Waals surface area contributed by atoms with Gasteiger partial charge in [-0.2, -0.15) is 0 Å². The number of amides is 1. The van der Waals surface area contributed by atoms with Crippen molar-refractivity contribution in [2.24, 2.45) is 0 Å². The van der Waals surface area contributed by atoms with E-state index in [0.717, 1.165) is 24.0 Å². The van der Waals surface area contributed by atoms with Crippen molar-refractivity contribution >= 4 is 5.91 Å². The molecule has 3 heteroatoms. The largest absolute Gasteiger partial charge is 0.318 e. The van der Waals surface area contributed by atoms with Gasteiger partial charge in [0.1, 0.15) is 12.2 Å². The molecule has 1 saturated heterocycles. The van der Waals surface area contributed by atoms with Gasteiger partial charge < -0.3 is 4.90 Å². The Morgan fingerprint density at radius 2 is 1.43 bits per heavy atom. The molecule has 1 amide bonds. The van der Waals surface area contributed by atoms with E-state index in [0.29, 0.717) is 6.04 Å². The molecule has 0 radical (unpaired) electrons. The average Bonchev–Trinajstić information content (AvgIpc) is 3.32. The monoisotopic (exact) mass is 278 g/mol. The molecule has 0 bridgehead atoms. The average molecular weight is 278 g/mol. The van der Waals surface area contributed by atoms with Crippen LogP contribution in [0.1, 0.15) is 36.2 Å². The Balaban J connectivity index is 1.69. The van der Waals surface area contributed by atoms with E-state index in [1.165, 1.54) is 0 Å². The highest BCUT2D eigenvalue weighted by Gasteiger charge is 2.46. The molecule has 2 unspecified atom stereocenters. The summed E-state index contributed by atoms with van der Waals surface area (Å²) in [4.78, 5) is 14.9. The fourth-order valence-corrected chi connectivity index (χ4v) is 3.11. The Hall–Kier alpha value is -2.13. The second kappa shape index (κ2) is 5.01. The van der Waals surface area contributed by atoms with Crippen LogP contribution in [0.4, 0.5) is 0 Å². The van der Waals surface area contributed by atoms with E-state index in [9.17, 15) is 4.79 Å². The third kappa shape index (κ3) is 2.24. The lowest BCUT2D eigenvalue weighted by Gasteiger charge is -2.24. The molecule has 0 spiro atoms. The lowest BCUT2D eigenvalue weighted by atomic mass is 10.1. The maximum absolute atomic E-state index is 12.8. The number of hydrogen-bond donors (Lipinski definition) is 1. The first-order chi connectivity index (χ1) is 10.3. The van der Waals surface area contributed by atoms with Crippen molar-refractivity contribution in [1.29, 1.82) is 0 Å². The van der Waals surface area contributed by atoms with Crippen LogP contribution in [0.5, 0.6) is 0 Å². The maximum atomic E-state index is 12.8. The molecular weight excluding hydrogens is 260 g/mol. The molecule has 1 saturated carbocycles. The van der Waals surface area contributed by atoms with Crippen LogP contribution in [-0.2, 0) is 4.79 Å². The lowest BCUT2D eigenvalue weighted by molar-refractivity contribution is -0.130. The number of nitrogens with zero attached hydrogens (tertiary/aromatic N) is 1. The molecule has 21 heavy (non-hydrogen) atoms. The molecular formula is C18H18N2O. The zero-order valence-electron chi connectivity index (χ0n) is 11.8. The van der Waals surface area contributed by atoms with Crippen LogP contribution in [-0.4, -0.2) is 16.8 Å². The van der Waals surface area contributed by atoms with Crippen LogP contribution in [0, 0.1) is 0 Å². The summed E-state index contributed by atoms with van der Waals surface area (Å²) in [6.07, 6.45) is 2.24. The third-order valence-electron chi connectivity index (χ3n) is 4.29.